The molecule has 1 saturated heterocycles. The van der Waals surface area contributed by atoms with Gasteiger partial charge in [0.1, 0.15) is 6.07 Å². The molecule has 0 saturated carbocycles. The SMILES string of the molecule is N#Cc1ccc(N2CCC(CO)CC2)c(F)c1Br. The van der Waals surface area contributed by atoms with Gasteiger partial charge in [-0.05, 0) is 46.8 Å². The van der Waals surface area contributed by atoms with E-state index in [9.17, 15) is 4.39 Å². The fourth-order valence-electron chi connectivity index (χ4n) is 2.23. The minimum atomic E-state index is -0.378. The van der Waals surface area contributed by atoms with Gasteiger partial charge in [0.15, 0.2) is 5.82 Å². The maximum absolute atomic E-state index is 14.1. The van der Waals surface area contributed by atoms with E-state index in [2.05, 4.69) is 15.9 Å². The van der Waals surface area contributed by atoms with Crippen LogP contribution in [0.15, 0.2) is 16.6 Å². The first-order valence-corrected chi connectivity index (χ1v) is 6.70. The van der Waals surface area contributed by atoms with Crippen LogP contribution in [0.25, 0.3) is 0 Å². The van der Waals surface area contributed by atoms with Crippen molar-refractivity contribution in [3.05, 3.63) is 28.0 Å². The Labute approximate surface area is 114 Å². The molecule has 0 atom stereocenters. The fourth-order valence-corrected chi connectivity index (χ4v) is 2.65. The molecule has 0 spiro atoms. The molecule has 0 unspecified atom stereocenters. The highest BCUT2D eigenvalue weighted by atomic mass is 79.9. The molecular formula is C13H14BrFN2O. The summed E-state index contributed by atoms with van der Waals surface area (Å²) in [6.45, 7) is 1.67. The van der Waals surface area contributed by atoms with E-state index in [-0.39, 0.29) is 16.9 Å². The Bertz CT molecular complexity index is 479. The van der Waals surface area contributed by atoms with Crippen molar-refractivity contribution >= 4 is 21.6 Å². The number of hydrogen-bond acceptors (Lipinski definition) is 3. The lowest BCUT2D eigenvalue weighted by Crippen LogP contribution is -2.35. The molecule has 1 aliphatic heterocycles. The molecule has 5 heteroatoms. The summed E-state index contributed by atoms with van der Waals surface area (Å²) < 4.78 is 14.4. The van der Waals surface area contributed by atoms with E-state index in [1.165, 1.54) is 0 Å². The van der Waals surface area contributed by atoms with Gasteiger partial charge in [0, 0.05) is 19.7 Å². The molecule has 0 bridgehead atoms. The van der Waals surface area contributed by atoms with Crippen LogP contribution in [0.5, 0.6) is 0 Å². The smallest absolute Gasteiger partial charge is 0.161 e. The minimum Gasteiger partial charge on any atom is -0.396 e. The first kappa shape index (κ1) is 13.3. The van der Waals surface area contributed by atoms with E-state index in [0.717, 1.165) is 25.9 Å². The van der Waals surface area contributed by atoms with Gasteiger partial charge in [0.2, 0.25) is 0 Å². The minimum absolute atomic E-state index is 0.202. The van der Waals surface area contributed by atoms with Crippen LogP contribution in [-0.2, 0) is 0 Å². The topological polar surface area (TPSA) is 47.3 Å². The molecule has 96 valence electrons. The second-order valence-corrected chi connectivity index (χ2v) is 5.28. The van der Waals surface area contributed by atoms with E-state index >= 15 is 0 Å². The van der Waals surface area contributed by atoms with Crippen molar-refractivity contribution in [1.82, 2.24) is 0 Å². The number of benzene rings is 1. The molecule has 1 aromatic carbocycles. The van der Waals surface area contributed by atoms with E-state index in [4.69, 9.17) is 10.4 Å². The lowest BCUT2D eigenvalue weighted by atomic mass is 9.97. The molecule has 0 aliphatic carbocycles. The number of halogens is 2. The third-order valence-corrected chi connectivity index (χ3v) is 4.17. The molecule has 0 radical (unpaired) electrons. The number of anilines is 1. The van der Waals surface area contributed by atoms with Crippen LogP contribution in [0.4, 0.5) is 10.1 Å². The molecule has 2 rings (SSSR count). The van der Waals surface area contributed by atoms with Gasteiger partial charge in [0.25, 0.3) is 0 Å². The molecular weight excluding hydrogens is 299 g/mol. The van der Waals surface area contributed by atoms with E-state index < -0.39 is 0 Å². The molecule has 0 aromatic heterocycles. The molecule has 3 nitrogen and oxygen atoms in total. The van der Waals surface area contributed by atoms with Gasteiger partial charge in [-0.25, -0.2) is 4.39 Å². The zero-order valence-corrected chi connectivity index (χ0v) is 11.5. The van der Waals surface area contributed by atoms with Gasteiger partial charge >= 0.3 is 0 Å². The van der Waals surface area contributed by atoms with E-state index in [0.29, 0.717) is 17.2 Å². The molecule has 1 aromatic rings. The van der Waals surface area contributed by atoms with Crippen LogP contribution in [0, 0.1) is 23.1 Å². The highest BCUT2D eigenvalue weighted by Crippen LogP contribution is 2.31. The van der Waals surface area contributed by atoms with Gasteiger partial charge in [-0.2, -0.15) is 5.26 Å². The zero-order chi connectivity index (χ0) is 13.1. The zero-order valence-electron chi connectivity index (χ0n) is 9.87. The van der Waals surface area contributed by atoms with Crippen LogP contribution in [0.1, 0.15) is 18.4 Å². The Morgan fingerprint density at radius 2 is 2.11 bits per heavy atom. The number of rotatable bonds is 2. The maximum atomic E-state index is 14.1. The van der Waals surface area contributed by atoms with Crippen molar-refractivity contribution in [3.63, 3.8) is 0 Å². The normalized spacial score (nSPS) is 16.7. The first-order valence-electron chi connectivity index (χ1n) is 5.91. The third kappa shape index (κ3) is 2.50. The summed E-state index contributed by atoms with van der Waals surface area (Å²) in [6, 6.07) is 5.22. The predicted octanol–water partition coefficient (Wildman–Crippen LogP) is 2.67. The summed E-state index contributed by atoms with van der Waals surface area (Å²) in [6.07, 6.45) is 1.74. The van der Waals surface area contributed by atoms with Crippen molar-refractivity contribution in [3.8, 4) is 6.07 Å². The van der Waals surface area contributed by atoms with Gasteiger partial charge in [-0.15, -0.1) is 0 Å². The molecule has 1 heterocycles. The van der Waals surface area contributed by atoms with Gasteiger partial charge in [-0.1, -0.05) is 0 Å². The summed E-state index contributed by atoms with van der Waals surface area (Å²) in [7, 11) is 0. The lowest BCUT2D eigenvalue weighted by molar-refractivity contribution is 0.203. The Hall–Kier alpha value is -1.12. The van der Waals surface area contributed by atoms with Gasteiger partial charge in [-0.3, -0.25) is 0 Å². The van der Waals surface area contributed by atoms with Crippen molar-refractivity contribution in [2.45, 2.75) is 12.8 Å². The number of nitriles is 1. The predicted molar refractivity (Wildman–Crippen MR) is 70.8 cm³/mol. The first-order chi connectivity index (χ1) is 8.67. The number of aliphatic hydroxyl groups excluding tert-OH is 1. The summed E-state index contributed by atoms with van der Waals surface area (Å²) in [5.74, 6) is -0.0531. The number of piperidine rings is 1. The Kier molecular flexibility index (Phi) is 4.20. The molecule has 1 N–H and O–H groups in total. The van der Waals surface area contributed by atoms with Crippen molar-refractivity contribution in [2.24, 2.45) is 5.92 Å². The molecule has 18 heavy (non-hydrogen) atoms. The Morgan fingerprint density at radius 3 is 2.67 bits per heavy atom. The third-order valence-electron chi connectivity index (χ3n) is 3.40. The summed E-state index contributed by atoms with van der Waals surface area (Å²) in [4.78, 5) is 1.97. The summed E-state index contributed by atoms with van der Waals surface area (Å²) in [5, 5.41) is 17.9. The molecule has 1 fully saturated rings. The summed E-state index contributed by atoms with van der Waals surface area (Å²) in [5.41, 5.74) is 0.832. The van der Waals surface area contributed by atoms with E-state index in [1.807, 2.05) is 11.0 Å². The fraction of sp³-hybridized carbons (Fsp3) is 0.462. The van der Waals surface area contributed by atoms with Crippen LogP contribution >= 0.6 is 15.9 Å². The molecule has 1 aliphatic rings. The largest absolute Gasteiger partial charge is 0.396 e. The quantitative estimate of drug-likeness (QED) is 0.913. The Morgan fingerprint density at radius 1 is 1.44 bits per heavy atom. The lowest BCUT2D eigenvalue weighted by Gasteiger charge is -2.33. The van der Waals surface area contributed by atoms with Crippen LogP contribution in [0.3, 0.4) is 0 Å². The Balaban J connectivity index is 2.20. The number of aliphatic hydroxyl groups is 1. The maximum Gasteiger partial charge on any atom is 0.161 e. The van der Waals surface area contributed by atoms with Crippen molar-refractivity contribution < 1.29 is 9.50 Å². The van der Waals surface area contributed by atoms with Gasteiger partial charge < -0.3 is 10.0 Å². The number of nitrogens with zero attached hydrogens (tertiary/aromatic N) is 2. The second-order valence-electron chi connectivity index (χ2n) is 4.49. The van der Waals surface area contributed by atoms with Crippen LogP contribution < -0.4 is 4.90 Å². The average molecular weight is 313 g/mol. The van der Waals surface area contributed by atoms with Crippen molar-refractivity contribution in [1.29, 1.82) is 5.26 Å². The summed E-state index contributed by atoms with van der Waals surface area (Å²) >= 11 is 3.12. The monoisotopic (exact) mass is 312 g/mol. The highest BCUT2D eigenvalue weighted by molar-refractivity contribution is 9.10. The highest BCUT2D eigenvalue weighted by Gasteiger charge is 2.22. The second kappa shape index (κ2) is 5.68. The average Bonchev–Trinajstić information content (AvgIpc) is 2.42. The van der Waals surface area contributed by atoms with Crippen molar-refractivity contribution in [2.75, 3.05) is 24.6 Å². The number of hydrogen-bond donors (Lipinski definition) is 1. The standard InChI is InChI=1S/C13H14BrFN2O/c14-12-10(7-16)1-2-11(13(12)15)17-5-3-9(8-18)4-6-17/h1-2,9,18H,3-6,8H2. The molecule has 0 amide bonds. The van der Waals surface area contributed by atoms with Crippen LogP contribution in [-0.4, -0.2) is 24.8 Å². The van der Waals surface area contributed by atoms with E-state index in [1.54, 1.807) is 12.1 Å². The van der Waals surface area contributed by atoms with Gasteiger partial charge in [0.05, 0.1) is 15.7 Å². The van der Waals surface area contributed by atoms with Crippen LogP contribution in [0.2, 0.25) is 0 Å².